The fraction of sp³-hybridized carbons (Fsp3) is 0.273. The molecular weight excluding hydrogens is 496 g/mol. The first-order chi connectivity index (χ1) is 15.6. The summed E-state index contributed by atoms with van der Waals surface area (Å²) in [6.07, 6.45) is 0.308. The molecular formula is C22H21BrN4O6. The normalized spacial score (nSPS) is 12.3. The monoisotopic (exact) mass is 516 g/mol. The maximum absolute atomic E-state index is 13.2. The van der Waals surface area contributed by atoms with E-state index in [4.69, 9.17) is 4.74 Å². The number of esters is 1. The molecule has 3 aromatic rings. The molecule has 33 heavy (non-hydrogen) atoms. The summed E-state index contributed by atoms with van der Waals surface area (Å²) in [6, 6.07) is 9.04. The summed E-state index contributed by atoms with van der Waals surface area (Å²) in [7, 11) is 1.23. The van der Waals surface area contributed by atoms with Crippen molar-refractivity contribution in [3.8, 4) is 5.75 Å². The number of rotatable bonds is 7. The Bertz CT molecular complexity index is 1320. The lowest BCUT2D eigenvalue weighted by molar-refractivity contribution is -0.384. The molecule has 0 bridgehead atoms. The van der Waals surface area contributed by atoms with Gasteiger partial charge < -0.3 is 9.47 Å². The van der Waals surface area contributed by atoms with E-state index in [1.54, 1.807) is 18.2 Å². The molecule has 0 N–H and O–H groups in total. The van der Waals surface area contributed by atoms with Crippen molar-refractivity contribution in [3.63, 3.8) is 0 Å². The van der Waals surface area contributed by atoms with E-state index < -0.39 is 22.6 Å². The largest absolute Gasteiger partial charge is 0.478 e. The average Bonchev–Trinajstić information content (AvgIpc) is 2.78. The highest BCUT2D eigenvalue weighted by molar-refractivity contribution is 9.10. The quantitative estimate of drug-likeness (QED) is 0.201. The van der Waals surface area contributed by atoms with E-state index in [2.05, 4.69) is 30.8 Å². The van der Waals surface area contributed by atoms with Crippen LogP contribution in [0.15, 0.2) is 50.8 Å². The van der Waals surface area contributed by atoms with Crippen LogP contribution in [0.1, 0.15) is 38.1 Å². The molecule has 0 spiro atoms. The van der Waals surface area contributed by atoms with E-state index in [1.807, 2.05) is 13.8 Å². The number of halogens is 1. The van der Waals surface area contributed by atoms with Crippen LogP contribution in [0.4, 0.5) is 5.69 Å². The summed E-state index contributed by atoms with van der Waals surface area (Å²) in [5, 5.41) is 15.9. The minimum atomic E-state index is -0.961. The topological polar surface area (TPSA) is 126 Å². The lowest BCUT2D eigenvalue weighted by Crippen LogP contribution is -2.25. The molecule has 1 heterocycles. The Labute approximate surface area is 197 Å². The number of nitro benzene ring substituents is 1. The van der Waals surface area contributed by atoms with E-state index >= 15 is 0 Å². The van der Waals surface area contributed by atoms with Gasteiger partial charge in [-0.1, -0.05) is 29.8 Å². The predicted octanol–water partition coefficient (Wildman–Crippen LogP) is 4.01. The second-order valence-corrected chi connectivity index (χ2v) is 8.33. The zero-order valence-electron chi connectivity index (χ0n) is 18.3. The number of hydrogen-bond donors (Lipinski definition) is 0. The van der Waals surface area contributed by atoms with Gasteiger partial charge in [-0.05, 0) is 31.2 Å². The van der Waals surface area contributed by atoms with Crippen LogP contribution in [0.5, 0.6) is 5.75 Å². The molecule has 2 aromatic carbocycles. The average molecular weight is 517 g/mol. The fourth-order valence-corrected chi connectivity index (χ4v) is 3.39. The van der Waals surface area contributed by atoms with Gasteiger partial charge in [-0.2, -0.15) is 9.78 Å². The summed E-state index contributed by atoms with van der Waals surface area (Å²) < 4.78 is 12.2. The Kier molecular flexibility index (Phi) is 7.22. The van der Waals surface area contributed by atoms with E-state index in [1.165, 1.54) is 38.4 Å². The van der Waals surface area contributed by atoms with E-state index in [9.17, 15) is 19.7 Å². The van der Waals surface area contributed by atoms with Gasteiger partial charge in [0.15, 0.2) is 6.10 Å². The molecule has 0 aliphatic carbocycles. The first-order valence-corrected chi connectivity index (χ1v) is 10.7. The summed E-state index contributed by atoms with van der Waals surface area (Å²) in [4.78, 5) is 40.2. The number of carbonyl (C=O) groups is 1. The molecule has 3 rings (SSSR count). The molecule has 0 unspecified atom stereocenters. The molecule has 0 saturated heterocycles. The molecule has 10 nitrogen and oxygen atoms in total. The third kappa shape index (κ3) is 5.25. The van der Waals surface area contributed by atoms with Gasteiger partial charge in [0.2, 0.25) is 0 Å². The van der Waals surface area contributed by atoms with Crippen molar-refractivity contribution in [1.82, 2.24) is 9.66 Å². The van der Waals surface area contributed by atoms with Gasteiger partial charge >= 0.3 is 5.97 Å². The van der Waals surface area contributed by atoms with E-state index in [0.29, 0.717) is 21.2 Å². The fourth-order valence-electron chi connectivity index (χ4n) is 3.03. The molecule has 0 fully saturated rings. The van der Waals surface area contributed by atoms with E-state index in [0.717, 1.165) is 4.68 Å². The maximum atomic E-state index is 13.2. The van der Waals surface area contributed by atoms with Crippen LogP contribution >= 0.6 is 15.9 Å². The number of nitro groups is 1. The lowest BCUT2D eigenvalue weighted by atomic mass is 10.2. The smallest absolute Gasteiger partial charge is 0.346 e. The second-order valence-electron chi connectivity index (χ2n) is 7.41. The molecule has 1 aromatic heterocycles. The van der Waals surface area contributed by atoms with Crippen molar-refractivity contribution < 1.29 is 19.2 Å². The summed E-state index contributed by atoms with van der Waals surface area (Å²) >= 11 is 3.35. The van der Waals surface area contributed by atoms with Crippen LogP contribution < -0.4 is 10.3 Å². The standard InChI is InChI=1S/C22H21BrN4O6/c1-12(2)20-25-18-7-5-15(23)10-17(18)21(28)26(20)24-11-14-9-16(27(30)31)6-8-19(14)33-13(3)22(29)32-4/h5-13H,1-4H3/t13-/m0/s1. The predicted molar refractivity (Wildman–Crippen MR) is 126 cm³/mol. The van der Waals surface area contributed by atoms with Gasteiger partial charge in [0.1, 0.15) is 11.6 Å². The number of hydrogen-bond acceptors (Lipinski definition) is 8. The minimum Gasteiger partial charge on any atom is -0.478 e. The van der Waals surface area contributed by atoms with Crippen LogP contribution in [0.2, 0.25) is 0 Å². The Morgan fingerprint density at radius 2 is 1.97 bits per heavy atom. The highest BCUT2D eigenvalue weighted by Crippen LogP contribution is 2.25. The Morgan fingerprint density at radius 3 is 2.61 bits per heavy atom. The minimum absolute atomic E-state index is 0.136. The number of benzene rings is 2. The van der Waals surface area contributed by atoms with Crippen molar-refractivity contribution in [1.29, 1.82) is 0 Å². The highest BCUT2D eigenvalue weighted by atomic mass is 79.9. The highest BCUT2D eigenvalue weighted by Gasteiger charge is 2.19. The van der Waals surface area contributed by atoms with Crippen LogP contribution in [-0.2, 0) is 9.53 Å². The van der Waals surface area contributed by atoms with E-state index in [-0.39, 0.29) is 22.9 Å². The molecule has 0 aliphatic heterocycles. The summed E-state index contributed by atoms with van der Waals surface area (Å²) in [6.45, 7) is 5.23. The number of fused-ring (bicyclic) bond motifs is 1. The molecule has 0 aliphatic rings. The number of ether oxygens (including phenoxy) is 2. The summed E-state index contributed by atoms with van der Waals surface area (Å²) in [5.74, 6) is -0.165. The third-order valence-electron chi connectivity index (χ3n) is 4.70. The molecule has 0 radical (unpaired) electrons. The van der Waals surface area contributed by atoms with Crippen molar-refractivity contribution in [3.05, 3.63) is 72.7 Å². The molecule has 11 heteroatoms. The summed E-state index contributed by atoms with van der Waals surface area (Å²) in [5.41, 5.74) is 0.143. The Balaban J connectivity index is 2.15. The first kappa shape index (κ1) is 24.1. The second kappa shape index (κ2) is 9.90. The zero-order valence-corrected chi connectivity index (χ0v) is 19.9. The van der Waals surface area contributed by atoms with Gasteiger partial charge in [0.05, 0.1) is 29.2 Å². The number of nitrogens with zero attached hydrogens (tertiary/aromatic N) is 4. The van der Waals surface area contributed by atoms with Crippen molar-refractivity contribution in [2.75, 3.05) is 7.11 Å². The van der Waals surface area contributed by atoms with Gasteiger partial charge in [-0.3, -0.25) is 14.9 Å². The SMILES string of the molecule is COC(=O)[C@H](C)Oc1ccc([N+](=O)[O-])cc1C=Nn1c(C(C)C)nc2ccc(Br)cc2c1=O. The lowest BCUT2D eigenvalue weighted by Gasteiger charge is -2.15. The van der Waals surface area contributed by atoms with Gasteiger partial charge in [0, 0.05) is 28.1 Å². The van der Waals surface area contributed by atoms with Crippen LogP contribution in [-0.4, -0.2) is 40.0 Å². The van der Waals surface area contributed by atoms with Gasteiger partial charge in [0.25, 0.3) is 11.2 Å². The van der Waals surface area contributed by atoms with Gasteiger partial charge in [-0.15, -0.1) is 0 Å². The number of methoxy groups -OCH3 is 1. The van der Waals surface area contributed by atoms with Crippen LogP contribution in [0, 0.1) is 10.1 Å². The van der Waals surface area contributed by atoms with Crippen LogP contribution in [0.3, 0.4) is 0 Å². The van der Waals surface area contributed by atoms with Crippen molar-refractivity contribution in [2.45, 2.75) is 32.8 Å². The Morgan fingerprint density at radius 1 is 1.24 bits per heavy atom. The van der Waals surface area contributed by atoms with Crippen molar-refractivity contribution >= 4 is 44.7 Å². The Hall–Kier alpha value is -3.60. The zero-order chi connectivity index (χ0) is 24.3. The number of aromatic nitrogens is 2. The molecule has 0 saturated carbocycles. The third-order valence-corrected chi connectivity index (χ3v) is 5.20. The molecule has 1 atom stereocenters. The molecule has 172 valence electrons. The number of carbonyl (C=O) groups excluding carboxylic acids is 1. The van der Waals surface area contributed by atoms with Crippen LogP contribution in [0.25, 0.3) is 10.9 Å². The molecule has 0 amide bonds. The first-order valence-electron chi connectivity index (χ1n) is 9.91. The van der Waals surface area contributed by atoms with Gasteiger partial charge in [-0.25, -0.2) is 9.78 Å². The maximum Gasteiger partial charge on any atom is 0.346 e. The number of non-ortho nitro benzene ring substituents is 1. The van der Waals surface area contributed by atoms with Crippen molar-refractivity contribution in [2.24, 2.45) is 5.10 Å².